The minimum absolute atomic E-state index is 0.422. The Balaban J connectivity index is 1.75. The molecule has 5 aromatic rings. The van der Waals surface area contributed by atoms with Crippen LogP contribution in [0.25, 0.3) is 44.3 Å². The van der Waals surface area contributed by atoms with Crippen LogP contribution in [0.1, 0.15) is 45.6 Å². The van der Waals surface area contributed by atoms with Gasteiger partial charge in [0, 0.05) is 13.1 Å². The third-order valence-electron chi connectivity index (χ3n) is 6.37. The highest BCUT2D eigenvalue weighted by Gasteiger charge is 2.17. The van der Waals surface area contributed by atoms with Gasteiger partial charge < -0.3 is 9.13 Å². The largest absolute Gasteiger partial charge is 0.331 e. The molecule has 2 aromatic heterocycles. The van der Waals surface area contributed by atoms with Gasteiger partial charge in [-0.2, -0.15) is 0 Å². The fourth-order valence-corrected chi connectivity index (χ4v) is 4.72. The summed E-state index contributed by atoms with van der Waals surface area (Å²) >= 11 is 0. The van der Waals surface area contributed by atoms with Crippen molar-refractivity contribution in [1.82, 2.24) is 19.1 Å². The van der Waals surface area contributed by atoms with E-state index in [1.165, 1.54) is 38.9 Å². The van der Waals surface area contributed by atoms with Gasteiger partial charge in [-0.05, 0) is 71.3 Å². The van der Waals surface area contributed by atoms with Crippen LogP contribution in [0, 0.1) is 0 Å². The second-order valence-electron chi connectivity index (χ2n) is 8.80. The molecule has 0 bridgehead atoms. The summed E-state index contributed by atoms with van der Waals surface area (Å²) in [6, 6.07) is 20.1. The molecule has 0 aliphatic heterocycles. The summed E-state index contributed by atoms with van der Waals surface area (Å²) in [6.45, 7) is 10.8. The predicted octanol–water partition coefficient (Wildman–Crippen LogP) is 7.27. The lowest BCUT2D eigenvalue weighted by atomic mass is 9.86. The van der Waals surface area contributed by atoms with E-state index in [-0.39, 0.29) is 0 Å². The van der Waals surface area contributed by atoms with Crippen molar-refractivity contribution >= 4 is 22.1 Å². The minimum atomic E-state index is 0.422. The van der Waals surface area contributed by atoms with Crippen molar-refractivity contribution in [1.29, 1.82) is 0 Å². The van der Waals surface area contributed by atoms with Gasteiger partial charge in [-0.25, -0.2) is 9.97 Å². The van der Waals surface area contributed by atoms with Crippen molar-refractivity contribution < 1.29 is 0 Å². The van der Waals surface area contributed by atoms with Gasteiger partial charge in [0.2, 0.25) is 0 Å². The van der Waals surface area contributed by atoms with E-state index < -0.39 is 0 Å². The van der Waals surface area contributed by atoms with Gasteiger partial charge >= 0.3 is 0 Å². The molecule has 2 heterocycles. The van der Waals surface area contributed by atoms with Crippen LogP contribution in [-0.4, -0.2) is 19.1 Å². The Kier molecular flexibility index (Phi) is 5.30. The van der Waals surface area contributed by atoms with E-state index in [2.05, 4.69) is 101 Å². The van der Waals surface area contributed by atoms with E-state index in [4.69, 9.17) is 0 Å². The molecule has 5 rings (SSSR count). The summed E-state index contributed by atoms with van der Waals surface area (Å²) in [5, 5.41) is 0. The maximum Gasteiger partial charge on any atom is 0.0958 e. The quantitative estimate of drug-likeness (QED) is 0.288. The molecule has 0 fully saturated rings. The van der Waals surface area contributed by atoms with Gasteiger partial charge in [-0.15, -0.1) is 0 Å². The van der Waals surface area contributed by atoms with E-state index >= 15 is 0 Å². The topological polar surface area (TPSA) is 35.6 Å². The van der Waals surface area contributed by atoms with Crippen molar-refractivity contribution in [3.63, 3.8) is 0 Å². The highest BCUT2D eigenvalue weighted by molar-refractivity contribution is 5.92. The van der Waals surface area contributed by atoms with Crippen LogP contribution in [0.3, 0.4) is 0 Å². The van der Waals surface area contributed by atoms with Crippen LogP contribution in [-0.2, 0) is 13.1 Å². The molecule has 0 aliphatic rings. The number of fused-ring (bicyclic) bond motifs is 2. The zero-order chi connectivity index (χ0) is 22.2. The van der Waals surface area contributed by atoms with Crippen LogP contribution in [0.4, 0.5) is 0 Å². The van der Waals surface area contributed by atoms with Gasteiger partial charge in [0.1, 0.15) is 0 Å². The number of nitrogens with zero attached hydrogens (tertiary/aromatic N) is 4. The highest BCUT2D eigenvalue weighted by atomic mass is 15.0. The van der Waals surface area contributed by atoms with Crippen LogP contribution in [0.5, 0.6) is 0 Å². The molecule has 0 saturated heterocycles. The number of hydrogen-bond donors (Lipinski definition) is 0. The van der Waals surface area contributed by atoms with Gasteiger partial charge in [0.05, 0.1) is 34.7 Å². The number of benzene rings is 3. The third kappa shape index (κ3) is 3.40. The van der Waals surface area contributed by atoms with E-state index in [0.29, 0.717) is 5.92 Å². The molecule has 32 heavy (non-hydrogen) atoms. The first kappa shape index (κ1) is 20.5. The molecule has 3 aromatic carbocycles. The average Bonchev–Trinajstić information content (AvgIpc) is 3.41. The summed E-state index contributed by atoms with van der Waals surface area (Å²) in [5.74, 6) is 0.422. The van der Waals surface area contributed by atoms with Crippen LogP contribution in [0.15, 0.2) is 67.3 Å². The summed E-state index contributed by atoms with van der Waals surface area (Å²) in [4.78, 5) is 9.17. The molecule has 4 nitrogen and oxygen atoms in total. The van der Waals surface area contributed by atoms with Crippen molar-refractivity contribution in [2.45, 2.75) is 53.1 Å². The average molecular weight is 423 g/mol. The number of aromatic nitrogens is 4. The van der Waals surface area contributed by atoms with Crippen LogP contribution < -0.4 is 0 Å². The van der Waals surface area contributed by atoms with Crippen molar-refractivity contribution in [3.05, 3.63) is 72.8 Å². The maximum absolute atomic E-state index is 4.61. The maximum atomic E-state index is 4.61. The fraction of sp³-hybridized carbons (Fsp3) is 0.286. The van der Waals surface area contributed by atoms with Crippen molar-refractivity contribution in [3.8, 4) is 22.3 Å². The SMILES string of the molecule is CCCn1cnc2ccc(-c3c(-c4ccc5ncn(CC)c5c4)cccc3C(C)C)cc21. The molecule has 0 aliphatic carbocycles. The Labute approximate surface area is 189 Å². The molecule has 0 spiro atoms. The number of rotatable bonds is 6. The summed E-state index contributed by atoms with van der Waals surface area (Å²) in [6.07, 6.45) is 4.99. The molecular weight excluding hydrogens is 392 g/mol. The van der Waals surface area contributed by atoms with Crippen molar-refractivity contribution in [2.75, 3.05) is 0 Å². The molecule has 0 N–H and O–H groups in total. The first-order chi connectivity index (χ1) is 15.6. The molecule has 0 saturated carbocycles. The summed E-state index contributed by atoms with van der Waals surface area (Å²) < 4.78 is 4.47. The molecule has 0 amide bonds. The minimum Gasteiger partial charge on any atom is -0.331 e. The summed E-state index contributed by atoms with van der Waals surface area (Å²) in [7, 11) is 0. The van der Waals surface area contributed by atoms with E-state index in [9.17, 15) is 0 Å². The second kappa shape index (κ2) is 8.27. The first-order valence-corrected chi connectivity index (χ1v) is 11.6. The zero-order valence-electron chi connectivity index (χ0n) is 19.3. The molecule has 4 heteroatoms. The highest BCUT2D eigenvalue weighted by Crippen LogP contribution is 2.39. The van der Waals surface area contributed by atoms with Gasteiger partial charge in [-0.1, -0.05) is 51.1 Å². The lowest BCUT2D eigenvalue weighted by Gasteiger charge is -2.19. The number of hydrogen-bond acceptors (Lipinski definition) is 2. The Bertz CT molecular complexity index is 1400. The Morgan fingerprint density at radius 3 is 2.12 bits per heavy atom. The van der Waals surface area contributed by atoms with Gasteiger partial charge in [0.25, 0.3) is 0 Å². The molecule has 0 atom stereocenters. The predicted molar refractivity (Wildman–Crippen MR) is 134 cm³/mol. The first-order valence-electron chi connectivity index (χ1n) is 11.6. The normalized spacial score (nSPS) is 11.8. The monoisotopic (exact) mass is 422 g/mol. The molecular formula is C28H30N4. The lowest BCUT2D eigenvalue weighted by molar-refractivity contribution is 0.697. The van der Waals surface area contributed by atoms with E-state index in [0.717, 1.165) is 30.5 Å². The summed E-state index contributed by atoms with van der Waals surface area (Å²) in [5.41, 5.74) is 10.9. The van der Waals surface area contributed by atoms with Gasteiger partial charge in [-0.3, -0.25) is 0 Å². The third-order valence-corrected chi connectivity index (χ3v) is 6.37. The lowest BCUT2D eigenvalue weighted by Crippen LogP contribution is -1.98. The molecule has 0 unspecified atom stereocenters. The van der Waals surface area contributed by atoms with Gasteiger partial charge in [0.15, 0.2) is 0 Å². The van der Waals surface area contributed by atoms with E-state index in [1.807, 2.05) is 12.7 Å². The standard InChI is InChI=1S/C28H30N4/c1-5-14-32-18-30-25-13-11-21(16-27(25)32)28-22(19(3)4)8-7-9-23(28)20-10-12-24-26(15-20)31(6-2)17-29-24/h7-13,15-19H,5-6,14H2,1-4H3. The molecule has 162 valence electrons. The van der Waals surface area contributed by atoms with Crippen LogP contribution in [0.2, 0.25) is 0 Å². The Morgan fingerprint density at radius 2 is 1.44 bits per heavy atom. The fourth-order valence-electron chi connectivity index (χ4n) is 4.72. The number of aryl methyl sites for hydroxylation is 2. The van der Waals surface area contributed by atoms with Crippen molar-refractivity contribution in [2.24, 2.45) is 0 Å². The zero-order valence-corrected chi connectivity index (χ0v) is 19.3. The number of imidazole rings is 2. The van der Waals surface area contributed by atoms with E-state index in [1.54, 1.807) is 0 Å². The second-order valence-corrected chi connectivity index (χ2v) is 8.80. The Morgan fingerprint density at radius 1 is 0.781 bits per heavy atom. The molecule has 0 radical (unpaired) electrons. The Hall–Kier alpha value is -3.40. The smallest absolute Gasteiger partial charge is 0.0958 e. The van der Waals surface area contributed by atoms with Crippen LogP contribution >= 0.6 is 0 Å².